The predicted octanol–water partition coefficient (Wildman–Crippen LogP) is 4.15. The molecule has 6 heteroatoms. The Kier molecular flexibility index (Phi) is 3.57. The number of nitrogens with zero attached hydrogens (tertiary/aromatic N) is 2. The van der Waals surface area contributed by atoms with Crippen LogP contribution in [0.4, 0.5) is 5.69 Å². The summed E-state index contributed by atoms with van der Waals surface area (Å²) in [6.07, 6.45) is 1.76. The van der Waals surface area contributed by atoms with Gasteiger partial charge >= 0.3 is 0 Å². The van der Waals surface area contributed by atoms with E-state index in [1.165, 1.54) is 6.92 Å². The molecule has 1 amide bonds. The molecule has 6 nitrogen and oxygen atoms in total. The average Bonchev–Trinajstić information content (AvgIpc) is 3.20. The minimum absolute atomic E-state index is 0.117. The molecule has 25 heavy (non-hydrogen) atoms. The highest BCUT2D eigenvalue weighted by Gasteiger charge is 2.16. The van der Waals surface area contributed by atoms with Crippen LogP contribution in [0.1, 0.15) is 12.5 Å². The standard InChI is InChI=1S/C19H16N4O2/c1-11-6-7-16-17(8-11)25-19(22-16)15-10-20-23-18(15)13-4-3-5-14(9-13)21-12(2)24/h3-10H,1-2H3,(H,20,23)(H,21,24). The third kappa shape index (κ3) is 2.89. The molecule has 4 rings (SSSR count). The smallest absolute Gasteiger partial charge is 0.231 e. The third-order valence-corrected chi connectivity index (χ3v) is 3.87. The number of oxazole rings is 1. The minimum atomic E-state index is -0.117. The van der Waals surface area contributed by atoms with E-state index in [1.54, 1.807) is 6.20 Å². The van der Waals surface area contributed by atoms with Gasteiger partial charge in [-0.2, -0.15) is 5.10 Å². The van der Waals surface area contributed by atoms with Crippen LogP contribution in [-0.2, 0) is 4.79 Å². The Labute approximate surface area is 143 Å². The molecular formula is C19H16N4O2. The first-order chi connectivity index (χ1) is 12.1. The van der Waals surface area contributed by atoms with Gasteiger partial charge in [0.05, 0.1) is 5.56 Å². The molecule has 0 unspecified atom stereocenters. The highest BCUT2D eigenvalue weighted by Crippen LogP contribution is 2.32. The van der Waals surface area contributed by atoms with Gasteiger partial charge in [-0.1, -0.05) is 18.2 Å². The van der Waals surface area contributed by atoms with E-state index in [0.717, 1.165) is 33.5 Å². The van der Waals surface area contributed by atoms with Gasteiger partial charge < -0.3 is 9.73 Å². The van der Waals surface area contributed by atoms with Crippen molar-refractivity contribution in [3.8, 4) is 22.7 Å². The van der Waals surface area contributed by atoms with Crippen LogP contribution in [0.5, 0.6) is 0 Å². The third-order valence-electron chi connectivity index (χ3n) is 3.87. The second-order valence-corrected chi connectivity index (χ2v) is 5.90. The van der Waals surface area contributed by atoms with Gasteiger partial charge in [-0.25, -0.2) is 4.98 Å². The van der Waals surface area contributed by atoms with Crippen molar-refractivity contribution in [1.29, 1.82) is 0 Å². The first kappa shape index (κ1) is 15.1. The summed E-state index contributed by atoms with van der Waals surface area (Å²) in [6, 6.07) is 13.4. The first-order valence-electron chi connectivity index (χ1n) is 7.89. The maximum atomic E-state index is 11.3. The van der Waals surface area contributed by atoms with Crippen molar-refractivity contribution in [3.05, 3.63) is 54.2 Å². The van der Waals surface area contributed by atoms with Crippen molar-refractivity contribution < 1.29 is 9.21 Å². The zero-order valence-electron chi connectivity index (χ0n) is 13.8. The number of amides is 1. The molecule has 2 aromatic heterocycles. The lowest BCUT2D eigenvalue weighted by Crippen LogP contribution is -2.05. The Bertz CT molecular complexity index is 1080. The molecule has 2 heterocycles. The lowest BCUT2D eigenvalue weighted by molar-refractivity contribution is -0.114. The van der Waals surface area contributed by atoms with Gasteiger partial charge in [0.15, 0.2) is 5.58 Å². The molecule has 0 bridgehead atoms. The van der Waals surface area contributed by atoms with Gasteiger partial charge in [-0.15, -0.1) is 0 Å². The fraction of sp³-hybridized carbons (Fsp3) is 0.105. The minimum Gasteiger partial charge on any atom is -0.436 e. The van der Waals surface area contributed by atoms with Gasteiger partial charge in [-0.3, -0.25) is 9.89 Å². The number of carbonyl (C=O) groups is 1. The summed E-state index contributed by atoms with van der Waals surface area (Å²) in [5.41, 5.74) is 5.73. The summed E-state index contributed by atoms with van der Waals surface area (Å²) >= 11 is 0. The summed E-state index contributed by atoms with van der Waals surface area (Å²) in [6.45, 7) is 3.49. The highest BCUT2D eigenvalue weighted by molar-refractivity contribution is 5.90. The molecule has 0 radical (unpaired) electrons. The topological polar surface area (TPSA) is 83.8 Å². The number of H-pyrrole nitrogens is 1. The van der Waals surface area contributed by atoms with E-state index in [0.29, 0.717) is 11.6 Å². The quantitative estimate of drug-likeness (QED) is 0.590. The van der Waals surface area contributed by atoms with Crippen LogP contribution in [-0.4, -0.2) is 21.1 Å². The number of nitrogens with one attached hydrogen (secondary N) is 2. The predicted molar refractivity (Wildman–Crippen MR) is 96.1 cm³/mol. The van der Waals surface area contributed by atoms with Crippen LogP contribution in [0, 0.1) is 6.92 Å². The Hall–Kier alpha value is -3.41. The molecule has 0 saturated heterocycles. The number of rotatable bonds is 3. The molecule has 124 valence electrons. The summed E-state index contributed by atoms with van der Waals surface area (Å²) in [7, 11) is 0. The number of hydrogen-bond donors (Lipinski definition) is 2. The molecule has 0 aliphatic rings. The van der Waals surface area contributed by atoms with Crippen molar-refractivity contribution in [2.24, 2.45) is 0 Å². The van der Waals surface area contributed by atoms with Crippen molar-refractivity contribution >= 4 is 22.7 Å². The fourth-order valence-electron chi connectivity index (χ4n) is 2.77. The molecule has 0 atom stereocenters. The van der Waals surface area contributed by atoms with Crippen molar-refractivity contribution in [2.45, 2.75) is 13.8 Å². The maximum absolute atomic E-state index is 11.3. The van der Waals surface area contributed by atoms with Crippen molar-refractivity contribution in [1.82, 2.24) is 15.2 Å². The van der Waals surface area contributed by atoms with Crippen molar-refractivity contribution in [2.75, 3.05) is 5.32 Å². The van der Waals surface area contributed by atoms with Crippen LogP contribution >= 0.6 is 0 Å². The maximum Gasteiger partial charge on any atom is 0.231 e. The van der Waals surface area contributed by atoms with Crippen LogP contribution in [0.3, 0.4) is 0 Å². The number of fused-ring (bicyclic) bond motifs is 1. The lowest BCUT2D eigenvalue weighted by atomic mass is 10.1. The average molecular weight is 332 g/mol. The Balaban J connectivity index is 1.78. The van der Waals surface area contributed by atoms with Crippen LogP contribution in [0.2, 0.25) is 0 Å². The van der Waals surface area contributed by atoms with E-state index < -0.39 is 0 Å². The lowest BCUT2D eigenvalue weighted by Gasteiger charge is -2.04. The zero-order chi connectivity index (χ0) is 17.4. The van der Waals surface area contributed by atoms with Crippen LogP contribution < -0.4 is 5.32 Å². The van der Waals surface area contributed by atoms with Gasteiger partial charge in [0.1, 0.15) is 11.2 Å². The molecule has 0 saturated carbocycles. The monoisotopic (exact) mass is 332 g/mol. The fourth-order valence-corrected chi connectivity index (χ4v) is 2.77. The molecule has 2 N–H and O–H groups in total. The van der Waals surface area contributed by atoms with E-state index >= 15 is 0 Å². The Morgan fingerprint density at radius 2 is 2.08 bits per heavy atom. The second-order valence-electron chi connectivity index (χ2n) is 5.90. The van der Waals surface area contributed by atoms with Gasteiger partial charge in [0.25, 0.3) is 0 Å². The van der Waals surface area contributed by atoms with Gasteiger partial charge in [0.2, 0.25) is 11.8 Å². The molecule has 0 aliphatic heterocycles. The zero-order valence-corrected chi connectivity index (χ0v) is 13.8. The normalized spacial score (nSPS) is 11.0. The summed E-state index contributed by atoms with van der Waals surface area (Å²) in [4.78, 5) is 15.8. The molecular weight excluding hydrogens is 316 g/mol. The van der Waals surface area contributed by atoms with E-state index in [1.807, 2.05) is 49.4 Å². The molecule has 2 aromatic carbocycles. The highest BCUT2D eigenvalue weighted by atomic mass is 16.3. The second kappa shape index (κ2) is 5.90. The van der Waals surface area contributed by atoms with Gasteiger partial charge in [0, 0.05) is 24.4 Å². The largest absolute Gasteiger partial charge is 0.436 e. The van der Waals surface area contributed by atoms with E-state index in [4.69, 9.17) is 4.42 Å². The number of aromatic nitrogens is 3. The number of aromatic amines is 1. The summed E-state index contributed by atoms with van der Waals surface area (Å²) in [5.74, 6) is 0.392. The number of aryl methyl sites for hydroxylation is 1. The summed E-state index contributed by atoms with van der Waals surface area (Å²) < 4.78 is 5.91. The van der Waals surface area contributed by atoms with Gasteiger partial charge in [-0.05, 0) is 36.8 Å². The molecule has 0 aliphatic carbocycles. The number of anilines is 1. The number of benzene rings is 2. The van der Waals surface area contributed by atoms with E-state index in [2.05, 4.69) is 20.5 Å². The molecule has 0 spiro atoms. The van der Waals surface area contributed by atoms with Crippen molar-refractivity contribution in [3.63, 3.8) is 0 Å². The van der Waals surface area contributed by atoms with E-state index in [9.17, 15) is 4.79 Å². The van der Waals surface area contributed by atoms with E-state index in [-0.39, 0.29) is 5.91 Å². The Morgan fingerprint density at radius 3 is 2.92 bits per heavy atom. The van der Waals surface area contributed by atoms with Crippen LogP contribution in [0.25, 0.3) is 33.8 Å². The molecule has 4 aromatic rings. The first-order valence-corrected chi connectivity index (χ1v) is 7.89. The SMILES string of the molecule is CC(=O)Nc1cccc(-c2n[nH]cc2-c2nc3ccc(C)cc3o2)c1. The molecule has 0 fully saturated rings. The number of hydrogen-bond acceptors (Lipinski definition) is 4. The number of carbonyl (C=O) groups excluding carboxylic acids is 1. The Morgan fingerprint density at radius 1 is 1.20 bits per heavy atom. The van der Waals surface area contributed by atoms with Crippen LogP contribution in [0.15, 0.2) is 53.1 Å². The summed E-state index contributed by atoms with van der Waals surface area (Å²) in [5, 5.41) is 9.99.